The molecule has 1 aliphatic heterocycles. The van der Waals surface area contributed by atoms with Crippen LogP contribution in [-0.4, -0.2) is 23.3 Å². The van der Waals surface area contributed by atoms with Crippen molar-refractivity contribution in [1.82, 2.24) is 10.2 Å². The standard InChI is InChI=1S/C6H9N3O/c1-2-4-9(3-1)6-8-7-5-10-6/h5H,1-4H2. The summed E-state index contributed by atoms with van der Waals surface area (Å²) >= 11 is 0. The first-order valence-corrected chi connectivity index (χ1v) is 3.48. The van der Waals surface area contributed by atoms with Gasteiger partial charge in [-0.05, 0) is 12.8 Å². The summed E-state index contributed by atoms with van der Waals surface area (Å²) in [6.07, 6.45) is 3.85. The van der Waals surface area contributed by atoms with Crippen LogP contribution in [0.25, 0.3) is 0 Å². The van der Waals surface area contributed by atoms with Crippen LogP contribution in [0.15, 0.2) is 10.8 Å². The van der Waals surface area contributed by atoms with Gasteiger partial charge in [-0.1, -0.05) is 5.10 Å². The molecule has 0 radical (unpaired) electrons. The minimum Gasteiger partial charge on any atom is -0.411 e. The molecule has 0 aliphatic carbocycles. The Hall–Kier alpha value is -1.06. The van der Waals surface area contributed by atoms with Gasteiger partial charge in [-0.3, -0.25) is 0 Å². The van der Waals surface area contributed by atoms with E-state index in [0.717, 1.165) is 13.1 Å². The fraction of sp³-hybridized carbons (Fsp3) is 0.667. The third kappa shape index (κ3) is 0.853. The van der Waals surface area contributed by atoms with Gasteiger partial charge in [-0.25, -0.2) is 0 Å². The maximum atomic E-state index is 5.02. The van der Waals surface area contributed by atoms with Crippen molar-refractivity contribution in [1.29, 1.82) is 0 Å². The molecule has 0 spiro atoms. The monoisotopic (exact) mass is 139 g/mol. The average molecular weight is 139 g/mol. The van der Waals surface area contributed by atoms with Gasteiger partial charge in [-0.15, -0.1) is 5.10 Å². The molecule has 4 heteroatoms. The second-order valence-corrected chi connectivity index (χ2v) is 2.42. The van der Waals surface area contributed by atoms with Crippen molar-refractivity contribution >= 4 is 6.01 Å². The highest BCUT2D eigenvalue weighted by Crippen LogP contribution is 2.15. The summed E-state index contributed by atoms with van der Waals surface area (Å²) in [5.74, 6) is 0. The fourth-order valence-corrected chi connectivity index (χ4v) is 1.21. The fourth-order valence-electron chi connectivity index (χ4n) is 1.21. The Balaban J connectivity index is 2.12. The summed E-state index contributed by atoms with van der Waals surface area (Å²) in [5.41, 5.74) is 0. The summed E-state index contributed by atoms with van der Waals surface area (Å²) in [5, 5.41) is 7.42. The lowest BCUT2D eigenvalue weighted by Crippen LogP contribution is -2.17. The second-order valence-electron chi connectivity index (χ2n) is 2.42. The largest absolute Gasteiger partial charge is 0.411 e. The molecule has 4 nitrogen and oxygen atoms in total. The van der Waals surface area contributed by atoms with Crippen LogP contribution >= 0.6 is 0 Å². The van der Waals surface area contributed by atoms with Crippen LogP contribution in [0, 0.1) is 0 Å². The molecule has 0 N–H and O–H groups in total. The Kier molecular flexibility index (Phi) is 1.30. The molecule has 2 rings (SSSR count). The Labute approximate surface area is 58.8 Å². The molecule has 0 unspecified atom stereocenters. The van der Waals surface area contributed by atoms with Crippen molar-refractivity contribution in [2.45, 2.75) is 12.8 Å². The first-order chi connectivity index (χ1) is 4.97. The Morgan fingerprint density at radius 3 is 2.80 bits per heavy atom. The molecule has 0 bridgehead atoms. The van der Waals surface area contributed by atoms with E-state index in [0.29, 0.717) is 6.01 Å². The number of hydrogen-bond acceptors (Lipinski definition) is 4. The summed E-state index contributed by atoms with van der Waals surface area (Å²) in [6, 6.07) is 0.664. The van der Waals surface area contributed by atoms with E-state index in [1.807, 2.05) is 0 Å². The summed E-state index contributed by atoms with van der Waals surface area (Å²) in [7, 11) is 0. The van der Waals surface area contributed by atoms with Crippen molar-refractivity contribution in [3.05, 3.63) is 6.39 Å². The smallest absolute Gasteiger partial charge is 0.317 e. The highest BCUT2D eigenvalue weighted by Gasteiger charge is 2.15. The number of hydrogen-bond donors (Lipinski definition) is 0. The van der Waals surface area contributed by atoms with E-state index in [1.165, 1.54) is 19.2 Å². The van der Waals surface area contributed by atoms with E-state index in [1.54, 1.807) is 0 Å². The molecule has 0 saturated carbocycles. The molecule has 1 fully saturated rings. The minimum atomic E-state index is 0.664. The lowest BCUT2D eigenvalue weighted by Gasteiger charge is -2.08. The highest BCUT2D eigenvalue weighted by atomic mass is 16.4. The van der Waals surface area contributed by atoms with Crippen LogP contribution in [0.5, 0.6) is 0 Å². The van der Waals surface area contributed by atoms with Gasteiger partial charge in [0.15, 0.2) is 0 Å². The van der Waals surface area contributed by atoms with Crippen molar-refractivity contribution in [2.75, 3.05) is 18.0 Å². The molecule has 10 heavy (non-hydrogen) atoms. The van der Waals surface area contributed by atoms with Gasteiger partial charge in [-0.2, -0.15) is 0 Å². The Morgan fingerprint density at radius 2 is 2.20 bits per heavy atom. The zero-order chi connectivity index (χ0) is 6.81. The van der Waals surface area contributed by atoms with Crippen LogP contribution in [-0.2, 0) is 0 Å². The van der Waals surface area contributed by atoms with E-state index in [9.17, 15) is 0 Å². The van der Waals surface area contributed by atoms with Gasteiger partial charge in [0.2, 0.25) is 6.39 Å². The molecular weight excluding hydrogens is 130 g/mol. The second kappa shape index (κ2) is 2.28. The maximum Gasteiger partial charge on any atom is 0.317 e. The lowest BCUT2D eigenvalue weighted by molar-refractivity contribution is 0.543. The van der Waals surface area contributed by atoms with E-state index in [2.05, 4.69) is 15.1 Å². The van der Waals surface area contributed by atoms with Crippen molar-refractivity contribution in [2.24, 2.45) is 0 Å². The lowest BCUT2D eigenvalue weighted by atomic mass is 10.4. The quantitative estimate of drug-likeness (QED) is 0.573. The zero-order valence-corrected chi connectivity index (χ0v) is 5.66. The van der Waals surface area contributed by atoms with Gasteiger partial charge in [0.25, 0.3) is 0 Å². The zero-order valence-electron chi connectivity index (χ0n) is 5.66. The van der Waals surface area contributed by atoms with E-state index in [4.69, 9.17) is 4.42 Å². The molecular formula is C6H9N3O. The average Bonchev–Trinajstić information content (AvgIpc) is 2.59. The normalized spacial score (nSPS) is 18.2. The van der Waals surface area contributed by atoms with Gasteiger partial charge in [0.05, 0.1) is 0 Å². The van der Waals surface area contributed by atoms with E-state index in [-0.39, 0.29) is 0 Å². The maximum absolute atomic E-state index is 5.02. The van der Waals surface area contributed by atoms with Gasteiger partial charge < -0.3 is 9.32 Å². The first-order valence-electron chi connectivity index (χ1n) is 3.48. The third-order valence-electron chi connectivity index (χ3n) is 1.73. The predicted molar refractivity (Wildman–Crippen MR) is 35.7 cm³/mol. The van der Waals surface area contributed by atoms with Crippen LogP contribution in [0.2, 0.25) is 0 Å². The molecule has 2 heterocycles. The van der Waals surface area contributed by atoms with E-state index >= 15 is 0 Å². The molecule has 1 saturated heterocycles. The van der Waals surface area contributed by atoms with Gasteiger partial charge in [0, 0.05) is 13.1 Å². The topological polar surface area (TPSA) is 42.2 Å². The van der Waals surface area contributed by atoms with Gasteiger partial charge in [0.1, 0.15) is 0 Å². The molecule has 1 aliphatic rings. The molecule has 1 aromatic heterocycles. The number of anilines is 1. The summed E-state index contributed by atoms with van der Waals surface area (Å²) in [4.78, 5) is 2.10. The van der Waals surface area contributed by atoms with Gasteiger partial charge >= 0.3 is 6.01 Å². The van der Waals surface area contributed by atoms with E-state index < -0.39 is 0 Å². The number of rotatable bonds is 1. The van der Waals surface area contributed by atoms with Crippen molar-refractivity contribution < 1.29 is 4.42 Å². The number of aromatic nitrogens is 2. The van der Waals surface area contributed by atoms with Crippen LogP contribution in [0.3, 0.4) is 0 Å². The Bertz CT molecular complexity index is 191. The Morgan fingerprint density at radius 1 is 1.40 bits per heavy atom. The molecule has 54 valence electrons. The van der Waals surface area contributed by atoms with Crippen LogP contribution < -0.4 is 4.90 Å². The van der Waals surface area contributed by atoms with Crippen molar-refractivity contribution in [3.63, 3.8) is 0 Å². The van der Waals surface area contributed by atoms with Crippen LogP contribution in [0.4, 0.5) is 6.01 Å². The minimum absolute atomic E-state index is 0.664. The molecule has 0 atom stereocenters. The number of nitrogens with zero attached hydrogens (tertiary/aromatic N) is 3. The predicted octanol–water partition coefficient (Wildman–Crippen LogP) is 0.670. The highest BCUT2D eigenvalue weighted by molar-refractivity contribution is 5.24. The van der Waals surface area contributed by atoms with Crippen LogP contribution in [0.1, 0.15) is 12.8 Å². The van der Waals surface area contributed by atoms with Crippen molar-refractivity contribution in [3.8, 4) is 0 Å². The summed E-state index contributed by atoms with van der Waals surface area (Å²) in [6.45, 7) is 2.12. The molecule has 0 aromatic carbocycles. The summed E-state index contributed by atoms with van der Waals surface area (Å²) < 4.78 is 5.02. The molecule has 0 amide bonds. The molecule has 1 aromatic rings. The third-order valence-corrected chi connectivity index (χ3v) is 1.73. The SMILES string of the molecule is c1nnc(N2CCCC2)o1. The first kappa shape index (κ1) is 5.70.